The molecule has 0 heterocycles. The van der Waals surface area contributed by atoms with Crippen molar-refractivity contribution in [3.05, 3.63) is 72.9 Å². The molecule has 2 heteroatoms. The van der Waals surface area contributed by atoms with Crippen LogP contribution in [0.3, 0.4) is 0 Å². The van der Waals surface area contributed by atoms with Gasteiger partial charge >= 0.3 is 0 Å². The molecule has 6 unspecified atom stereocenters. The number of hydrogen-bond donors (Lipinski definition) is 0. The molecule has 0 bridgehead atoms. The Labute approximate surface area is 276 Å². The third-order valence-corrected chi connectivity index (χ3v) is 8.76. The minimum Gasteiger partial charge on any atom is -0.378 e. The van der Waals surface area contributed by atoms with E-state index in [4.69, 9.17) is 9.47 Å². The molecule has 2 nitrogen and oxygen atoms in total. The van der Waals surface area contributed by atoms with Crippen molar-refractivity contribution in [1.29, 1.82) is 0 Å². The van der Waals surface area contributed by atoms with Gasteiger partial charge in [0.15, 0.2) is 0 Å². The van der Waals surface area contributed by atoms with Crippen LogP contribution in [0.25, 0.3) is 0 Å². The van der Waals surface area contributed by atoms with Crippen LogP contribution in [-0.4, -0.2) is 25.4 Å². The average molecular weight is 611 g/mol. The average Bonchev–Trinajstić information content (AvgIpc) is 2.95. The first-order valence-corrected chi connectivity index (χ1v) is 17.8. The van der Waals surface area contributed by atoms with Gasteiger partial charge in [-0.25, -0.2) is 0 Å². The summed E-state index contributed by atoms with van der Waals surface area (Å²) in [5, 5.41) is 0. The van der Waals surface area contributed by atoms with E-state index in [1.807, 2.05) is 0 Å². The molecule has 0 rings (SSSR count). The summed E-state index contributed by atoms with van der Waals surface area (Å²) in [5.41, 5.74) is -0.136. The van der Waals surface area contributed by atoms with Gasteiger partial charge in [0.25, 0.3) is 0 Å². The highest BCUT2D eigenvalue weighted by molar-refractivity contribution is 5.02. The molecule has 0 aliphatic rings. The first-order chi connectivity index (χ1) is 20.7. The molecule has 44 heavy (non-hydrogen) atoms. The Morgan fingerprint density at radius 1 is 0.477 bits per heavy atom. The number of methoxy groups -OCH3 is 2. The fraction of sp³-hybridized carbons (Fsp3) is 0.714. The number of allylic oxidation sites excluding steroid dienone is 10. The Hall–Kier alpha value is -1.64. The third kappa shape index (κ3) is 25.7. The zero-order valence-corrected chi connectivity index (χ0v) is 31.3. The lowest BCUT2D eigenvalue weighted by atomic mass is 9.95. The molecule has 0 fully saturated rings. The summed E-state index contributed by atoms with van der Waals surface area (Å²) < 4.78 is 11.0. The summed E-state index contributed by atoms with van der Waals surface area (Å²) >= 11 is 0. The summed E-state index contributed by atoms with van der Waals surface area (Å²) in [7, 11) is 3.57. The van der Waals surface area contributed by atoms with Crippen LogP contribution in [0.2, 0.25) is 0 Å². The van der Waals surface area contributed by atoms with Crippen molar-refractivity contribution in [3.63, 3.8) is 0 Å². The van der Waals surface area contributed by atoms with Gasteiger partial charge in [0, 0.05) is 14.2 Å². The van der Waals surface area contributed by atoms with Crippen LogP contribution < -0.4 is 0 Å². The maximum atomic E-state index is 5.50. The molecule has 0 aromatic rings. The van der Waals surface area contributed by atoms with Gasteiger partial charge in [-0.2, -0.15) is 0 Å². The maximum Gasteiger partial charge on any atom is 0.0657 e. The SMILES string of the molecule is COC(C)(C)C/C=C/C(C)C/C=C/C(C)/C=C/CC(C)/C=C/CCC(C)C/C=C/C(C)CCCC(C)/C=C/CC(C)(C)OC. The zero-order valence-electron chi connectivity index (χ0n) is 31.3. The van der Waals surface area contributed by atoms with E-state index in [0.29, 0.717) is 29.6 Å². The van der Waals surface area contributed by atoms with E-state index < -0.39 is 0 Å². The predicted octanol–water partition coefficient (Wildman–Crippen LogP) is 12.9. The van der Waals surface area contributed by atoms with Gasteiger partial charge in [0.05, 0.1) is 11.2 Å². The minimum absolute atomic E-state index is 0.0592. The Kier molecular flexibility index (Phi) is 23.7. The van der Waals surface area contributed by atoms with Crippen LogP contribution in [0.15, 0.2) is 72.9 Å². The van der Waals surface area contributed by atoms with Crippen LogP contribution in [0.5, 0.6) is 0 Å². The fourth-order valence-electron chi connectivity index (χ4n) is 4.90. The standard InChI is InChI=1S/C42H74O2/c1-35(23-15-25-37(3)27-17-29-39(5)31-19-33-41(7,8)43-11)21-13-14-22-36(2)24-16-26-38(4)28-18-30-40(6)32-20-34-42(9,10)44-12/h13,15-17,19-21,25-27,31-32,35-40H,14,18,22-24,28-30,33-34H2,1-12H3/b21-13+,25-15+,26-16+,27-17+,31-19+,32-20+. The summed E-state index contributed by atoms with van der Waals surface area (Å²) in [4.78, 5) is 0. The molecule has 0 spiro atoms. The summed E-state index contributed by atoms with van der Waals surface area (Å²) in [6, 6.07) is 0. The number of hydrogen-bond acceptors (Lipinski definition) is 2. The number of rotatable bonds is 25. The second-order valence-electron chi connectivity index (χ2n) is 15.0. The van der Waals surface area contributed by atoms with Crippen molar-refractivity contribution in [2.45, 2.75) is 145 Å². The highest BCUT2D eigenvalue weighted by atomic mass is 16.5. The first kappa shape index (κ1) is 42.4. The summed E-state index contributed by atoms with van der Waals surface area (Å²) in [5.74, 6) is 3.68. The van der Waals surface area contributed by atoms with Crippen molar-refractivity contribution in [3.8, 4) is 0 Å². The predicted molar refractivity (Wildman–Crippen MR) is 198 cm³/mol. The normalized spacial score (nSPS) is 18.0. The maximum absolute atomic E-state index is 5.50. The van der Waals surface area contributed by atoms with E-state index in [9.17, 15) is 0 Å². The molecule has 0 saturated heterocycles. The smallest absolute Gasteiger partial charge is 0.0657 e. The van der Waals surface area contributed by atoms with Crippen molar-refractivity contribution in [2.75, 3.05) is 14.2 Å². The minimum atomic E-state index is -0.0765. The topological polar surface area (TPSA) is 18.5 Å². The molecular formula is C42H74O2. The lowest BCUT2D eigenvalue weighted by Gasteiger charge is -2.20. The van der Waals surface area contributed by atoms with E-state index in [1.165, 1.54) is 38.5 Å². The van der Waals surface area contributed by atoms with Crippen molar-refractivity contribution >= 4 is 0 Å². The first-order valence-electron chi connectivity index (χ1n) is 17.8. The highest BCUT2D eigenvalue weighted by Gasteiger charge is 2.14. The molecule has 0 N–H and O–H groups in total. The fourth-order valence-corrected chi connectivity index (χ4v) is 4.90. The molecule has 0 saturated carbocycles. The molecule has 0 radical (unpaired) electrons. The quantitative estimate of drug-likeness (QED) is 0.0957. The lowest BCUT2D eigenvalue weighted by molar-refractivity contribution is 0.0251. The Balaban J connectivity index is 4.11. The monoisotopic (exact) mass is 611 g/mol. The molecule has 254 valence electrons. The molecule has 0 amide bonds. The molecule has 0 aromatic heterocycles. The van der Waals surface area contributed by atoms with Gasteiger partial charge < -0.3 is 9.47 Å². The van der Waals surface area contributed by atoms with Gasteiger partial charge in [0.1, 0.15) is 0 Å². The van der Waals surface area contributed by atoms with Crippen LogP contribution in [-0.2, 0) is 9.47 Å². The second-order valence-corrected chi connectivity index (χ2v) is 15.0. The van der Waals surface area contributed by atoms with Gasteiger partial charge in [-0.05, 0) is 121 Å². The second kappa shape index (κ2) is 24.6. The highest BCUT2D eigenvalue weighted by Crippen LogP contribution is 2.20. The third-order valence-electron chi connectivity index (χ3n) is 8.76. The molecule has 6 atom stereocenters. The summed E-state index contributed by atoms with van der Waals surface area (Å²) in [6.07, 6.45) is 39.9. The molecular weight excluding hydrogens is 536 g/mol. The number of ether oxygens (including phenoxy) is 2. The van der Waals surface area contributed by atoms with Crippen molar-refractivity contribution in [2.24, 2.45) is 35.5 Å². The van der Waals surface area contributed by atoms with Crippen molar-refractivity contribution < 1.29 is 9.47 Å². The van der Waals surface area contributed by atoms with E-state index in [2.05, 4.69) is 142 Å². The summed E-state index contributed by atoms with van der Waals surface area (Å²) in [6.45, 7) is 22.5. The van der Waals surface area contributed by atoms with E-state index in [1.54, 1.807) is 14.2 Å². The van der Waals surface area contributed by atoms with Crippen LogP contribution in [0.1, 0.15) is 133 Å². The Morgan fingerprint density at radius 2 is 0.886 bits per heavy atom. The van der Waals surface area contributed by atoms with Crippen molar-refractivity contribution in [1.82, 2.24) is 0 Å². The van der Waals surface area contributed by atoms with Gasteiger partial charge in [-0.1, -0.05) is 121 Å². The van der Waals surface area contributed by atoms with Crippen LogP contribution in [0.4, 0.5) is 0 Å². The lowest BCUT2D eigenvalue weighted by Crippen LogP contribution is -2.20. The van der Waals surface area contributed by atoms with Gasteiger partial charge in [-0.3, -0.25) is 0 Å². The Morgan fingerprint density at radius 3 is 1.36 bits per heavy atom. The van der Waals surface area contributed by atoms with E-state index in [-0.39, 0.29) is 11.2 Å². The van der Waals surface area contributed by atoms with Crippen LogP contribution in [0, 0.1) is 35.5 Å². The van der Waals surface area contributed by atoms with Crippen LogP contribution >= 0.6 is 0 Å². The Bertz CT molecular complexity index is 868. The molecule has 0 aromatic carbocycles. The van der Waals surface area contributed by atoms with Gasteiger partial charge in [0.2, 0.25) is 0 Å². The molecule has 0 aliphatic carbocycles. The van der Waals surface area contributed by atoms with E-state index in [0.717, 1.165) is 31.6 Å². The zero-order chi connectivity index (χ0) is 33.4. The largest absolute Gasteiger partial charge is 0.378 e. The van der Waals surface area contributed by atoms with Gasteiger partial charge in [-0.15, -0.1) is 0 Å². The van der Waals surface area contributed by atoms with E-state index >= 15 is 0 Å². The molecule has 0 aliphatic heterocycles.